The number of hydrogen-bond donors (Lipinski definition) is 1. The zero-order valence-corrected chi connectivity index (χ0v) is 10.8. The number of nitrogens with zero attached hydrogens (tertiary/aromatic N) is 1. The van der Waals surface area contributed by atoms with Crippen molar-refractivity contribution in [3.8, 4) is 0 Å². The smallest absolute Gasteiger partial charge is 0.194 e. The molecule has 0 radical (unpaired) electrons. The first-order chi connectivity index (χ1) is 9.58. The molecule has 0 amide bonds. The molecule has 1 atom stereocenters. The van der Waals surface area contributed by atoms with Gasteiger partial charge in [-0.15, -0.1) is 11.3 Å². The van der Waals surface area contributed by atoms with E-state index in [1.54, 1.807) is 6.07 Å². The quantitative estimate of drug-likeness (QED) is 0.730. The lowest BCUT2D eigenvalue weighted by Gasteiger charge is -2.12. The zero-order valence-electron chi connectivity index (χ0n) is 9.98. The van der Waals surface area contributed by atoms with Crippen LogP contribution >= 0.6 is 11.3 Å². The summed E-state index contributed by atoms with van der Waals surface area (Å²) in [5.74, 6) is -4.26. The van der Waals surface area contributed by atoms with Gasteiger partial charge in [0, 0.05) is 17.3 Å². The van der Waals surface area contributed by atoms with E-state index < -0.39 is 23.6 Å². The monoisotopic (exact) mass is 295 g/mol. The van der Waals surface area contributed by atoms with Gasteiger partial charge in [-0.05, 0) is 23.6 Å². The lowest BCUT2D eigenvalue weighted by molar-refractivity contribution is 0.212. The second kappa shape index (κ2) is 4.88. The molecule has 0 spiro atoms. The van der Waals surface area contributed by atoms with Gasteiger partial charge < -0.3 is 5.11 Å². The lowest BCUT2D eigenvalue weighted by Crippen LogP contribution is -2.06. The Morgan fingerprint density at radius 3 is 2.70 bits per heavy atom. The molecule has 0 saturated heterocycles. The number of aromatic nitrogens is 1. The van der Waals surface area contributed by atoms with E-state index in [4.69, 9.17) is 0 Å². The Bertz CT molecular complexity index is 787. The predicted molar refractivity (Wildman–Crippen MR) is 70.0 cm³/mol. The van der Waals surface area contributed by atoms with Crippen molar-refractivity contribution in [2.45, 2.75) is 6.10 Å². The highest BCUT2D eigenvalue weighted by atomic mass is 32.1. The highest BCUT2D eigenvalue weighted by molar-refractivity contribution is 7.17. The third-order valence-corrected chi connectivity index (χ3v) is 3.85. The average molecular weight is 295 g/mol. The maximum atomic E-state index is 13.7. The average Bonchev–Trinajstić information content (AvgIpc) is 2.91. The summed E-state index contributed by atoms with van der Waals surface area (Å²) < 4.78 is 40.6. The Balaban J connectivity index is 2.07. The van der Waals surface area contributed by atoms with Gasteiger partial charge in [-0.1, -0.05) is 6.07 Å². The van der Waals surface area contributed by atoms with E-state index in [2.05, 4.69) is 4.98 Å². The van der Waals surface area contributed by atoms with Gasteiger partial charge >= 0.3 is 0 Å². The molecule has 0 saturated carbocycles. The first-order valence-electron chi connectivity index (χ1n) is 5.72. The molecular weight excluding hydrogens is 287 g/mol. The van der Waals surface area contributed by atoms with Gasteiger partial charge in [0.05, 0.1) is 10.2 Å². The molecule has 6 heteroatoms. The maximum absolute atomic E-state index is 13.7. The van der Waals surface area contributed by atoms with Gasteiger partial charge in [0.2, 0.25) is 0 Å². The Hall–Kier alpha value is -1.92. The van der Waals surface area contributed by atoms with Crippen LogP contribution in [0.4, 0.5) is 13.2 Å². The number of pyridine rings is 1. The summed E-state index contributed by atoms with van der Waals surface area (Å²) in [6.45, 7) is 0. The Kier molecular flexibility index (Phi) is 3.19. The molecule has 20 heavy (non-hydrogen) atoms. The van der Waals surface area contributed by atoms with Crippen LogP contribution in [0.25, 0.3) is 10.2 Å². The number of rotatable bonds is 2. The summed E-state index contributed by atoms with van der Waals surface area (Å²) in [7, 11) is 0. The van der Waals surface area contributed by atoms with Crippen molar-refractivity contribution in [2.24, 2.45) is 0 Å². The third-order valence-electron chi connectivity index (χ3n) is 3.00. The fraction of sp³-hybridized carbons (Fsp3) is 0.0714. The molecule has 0 aliphatic heterocycles. The normalized spacial score (nSPS) is 12.8. The lowest BCUT2D eigenvalue weighted by atomic mass is 10.0. The van der Waals surface area contributed by atoms with Crippen molar-refractivity contribution in [2.75, 3.05) is 0 Å². The molecule has 2 nitrogen and oxygen atoms in total. The zero-order chi connectivity index (χ0) is 14.3. The molecule has 3 rings (SSSR count). The van der Waals surface area contributed by atoms with Crippen LogP contribution in [-0.4, -0.2) is 10.1 Å². The molecule has 1 unspecified atom stereocenters. The topological polar surface area (TPSA) is 33.1 Å². The van der Waals surface area contributed by atoms with E-state index in [0.717, 1.165) is 22.3 Å². The molecule has 2 heterocycles. The van der Waals surface area contributed by atoms with Crippen molar-refractivity contribution in [3.05, 3.63) is 64.4 Å². The number of halogens is 3. The molecule has 0 fully saturated rings. The van der Waals surface area contributed by atoms with E-state index in [-0.39, 0.29) is 5.56 Å². The molecule has 2 aromatic heterocycles. The highest BCUT2D eigenvalue weighted by Gasteiger charge is 2.21. The minimum atomic E-state index is -1.59. The molecule has 3 aromatic rings. The van der Waals surface area contributed by atoms with Crippen molar-refractivity contribution in [3.63, 3.8) is 0 Å². The molecule has 102 valence electrons. The van der Waals surface area contributed by atoms with Gasteiger partial charge in [0.1, 0.15) is 6.10 Å². The highest BCUT2D eigenvalue weighted by Crippen LogP contribution is 2.29. The number of fused-ring (bicyclic) bond motifs is 1. The van der Waals surface area contributed by atoms with E-state index in [9.17, 15) is 18.3 Å². The minimum absolute atomic E-state index is 0.318. The summed E-state index contributed by atoms with van der Waals surface area (Å²) in [4.78, 5) is 4.12. The van der Waals surface area contributed by atoms with Crippen LogP contribution in [-0.2, 0) is 0 Å². The Morgan fingerprint density at radius 2 is 1.90 bits per heavy atom. The molecule has 0 aliphatic rings. The molecular formula is C14H8F3NOS. The molecule has 0 aliphatic carbocycles. The van der Waals surface area contributed by atoms with Crippen molar-refractivity contribution >= 4 is 21.6 Å². The van der Waals surface area contributed by atoms with Gasteiger partial charge in [-0.3, -0.25) is 4.98 Å². The van der Waals surface area contributed by atoms with Crippen LogP contribution in [0.15, 0.2) is 35.8 Å². The maximum Gasteiger partial charge on any atom is 0.194 e. The number of aliphatic hydroxyl groups excluding tert-OH is 1. The van der Waals surface area contributed by atoms with Crippen LogP contribution in [0, 0.1) is 17.5 Å². The van der Waals surface area contributed by atoms with Crippen LogP contribution < -0.4 is 0 Å². The number of hydrogen-bond acceptors (Lipinski definition) is 3. The predicted octanol–water partition coefficient (Wildman–Crippen LogP) is 3.80. The molecule has 1 aromatic carbocycles. The van der Waals surface area contributed by atoms with Crippen molar-refractivity contribution < 1.29 is 18.3 Å². The summed E-state index contributed by atoms with van der Waals surface area (Å²) in [5, 5.41) is 12.0. The van der Waals surface area contributed by atoms with Crippen LogP contribution in [0.5, 0.6) is 0 Å². The largest absolute Gasteiger partial charge is 0.383 e. The fourth-order valence-electron chi connectivity index (χ4n) is 1.94. The SMILES string of the molecule is OC(c1cnc2ccsc2c1)c1ccc(F)c(F)c1F. The van der Waals surface area contributed by atoms with Gasteiger partial charge in [-0.25, -0.2) is 13.2 Å². The number of aliphatic hydroxyl groups is 1. The minimum Gasteiger partial charge on any atom is -0.383 e. The van der Waals surface area contributed by atoms with Gasteiger partial charge in [0.15, 0.2) is 17.5 Å². The second-order valence-corrected chi connectivity index (χ2v) is 5.19. The second-order valence-electron chi connectivity index (χ2n) is 4.24. The summed E-state index contributed by atoms with van der Waals surface area (Å²) in [6.07, 6.45) is -0.00967. The first kappa shape index (κ1) is 13.1. The van der Waals surface area contributed by atoms with E-state index in [1.807, 2.05) is 11.4 Å². The first-order valence-corrected chi connectivity index (χ1v) is 6.60. The van der Waals surface area contributed by atoms with Crippen LogP contribution in [0.2, 0.25) is 0 Å². The van der Waals surface area contributed by atoms with E-state index >= 15 is 0 Å². The van der Waals surface area contributed by atoms with Gasteiger partial charge in [0.25, 0.3) is 0 Å². The summed E-state index contributed by atoms with van der Waals surface area (Å²) in [5.41, 5.74) is 0.767. The number of thiophene rings is 1. The Labute approximate surface area is 116 Å². The summed E-state index contributed by atoms with van der Waals surface area (Å²) >= 11 is 1.42. The molecule has 1 N–H and O–H groups in total. The number of benzene rings is 1. The van der Waals surface area contributed by atoms with Crippen molar-refractivity contribution in [1.82, 2.24) is 4.98 Å². The van der Waals surface area contributed by atoms with Crippen LogP contribution in [0.1, 0.15) is 17.2 Å². The van der Waals surface area contributed by atoms with Crippen molar-refractivity contribution in [1.29, 1.82) is 0 Å². The summed E-state index contributed by atoms with van der Waals surface area (Å²) in [6, 6.07) is 5.28. The fourth-order valence-corrected chi connectivity index (χ4v) is 2.73. The molecule has 0 bridgehead atoms. The van der Waals surface area contributed by atoms with E-state index in [1.165, 1.54) is 17.5 Å². The standard InChI is InChI=1S/C14H8F3NOS/c15-9-2-1-8(12(16)13(9)17)14(19)7-5-11-10(18-6-7)3-4-20-11/h1-6,14,19H. The Morgan fingerprint density at radius 1 is 1.10 bits per heavy atom. The van der Waals surface area contributed by atoms with Gasteiger partial charge in [-0.2, -0.15) is 0 Å². The van der Waals surface area contributed by atoms with Crippen LogP contribution in [0.3, 0.4) is 0 Å². The third kappa shape index (κ3) is 2.07. The van der Waals surface area contributed by atoms with E-state index in [0.29, 0.717) is 5.56 Å².